The van der Waals surface area contributed by atoms with E-state index in [0.717, 1.165) is 0 Å². The van der Waals surface area contributed by atoms with Crippen molar-refractivity contribution in [2.45, 2.75) is 0 Å². The van der Waals surface area contributed by atoms with Crippen LogP contribution in [0.5, 0.6) is 0 Å². The minimum atomic E-state index is -0.476. The minimum absolute atomic E-state index is 0.0357. The molecule has 0 aliphatic heterocycles. The summed E-state index contributed by atoms with van der Waals surface area (Å²) < 4.78 is 5.55. The lowest BCUT2D eigenvalue weighted by Gasteiger charge is -1.99. The van der Waals surface area contributed by atoms with Crippen LogP contribution < -0.4 is 5.73 Å². The van der Waals surface area contributed by atoms with E-state index in [0.29, 0.717) is 16.8 Å². The standard InChI is InChI=1S/C14H10N4O3/c15-12-7-2-1-6-11(12)14-17-16-13(21-14)9-4-3-5-10(8-9)18(19)20/h1-8H,15H2. The predicted molar refractivity (Wildman–Crippen MR) is 76.2 cm³/mol. The van der Waals surface area contributed by atoms with Gasteiger partial charge >= 0.3 is 0 Å². The van der Waals surface area contributed by atoms with Crippen LogP contribution in [0, 0.1) is 10.1 Å². The molecule has 0 aliphatic carbocycles. The lowest BCUT2D eigenvalue weighted by Crippen LogP contribution is -1.88. The summed E-state index contributed by atoms with van der Waals surface area (Å²) in [5, 5.41) is 18.6. The van der Waals surface area contributed by atoms with Crippen LogP contribution in [0.3, 0.4) is 0 Å². The smallest absolute Gasteiger partial charge is 0.270 e. The molecule has 104 valence electrons. The summed E-state index contributed by atoms with van der Waals surface area (Å²) in [6, 6.07) is 13.1. The number of hydrogen-bond donors (Lipinski definition) is 1. The summed E-state index contributed by atoms with van der Waals surface area (Å²) in [4.78, 5) is 10.3. The highest BCUT2D eigenvalue weighted by Gasteiger charge is 2.14. The Kier molecular flexibility index (Phi) is 3.07. The maximum atomic E-state index is 10.8. The number of hydrogen-bond acceptors (Lipinski definition) is 6. The first kappa shape index (κ1) is 12.8. The average Bonchev–Trinajstić information content (AvgIpc) is 2.97. The van der Waals surface area contributed by atoms with E-state index < -0.39 is 4.92 Å². The summed E-state index contributed by atoms with van der Waals surface area (Å²) in [6.45, 7) is 0. The van der Waals surface area contributed by atoms with Gasteiger partial charge in [0.1, 0.15) is 0 Å². The minimum Gasteiger partial charge on any atom is -0.416 e. The second-order valence-corrected chi connectivity index (χ2v) is 4.31. The third-order valence-electron chi connectivity index (χ3n) is 2.92. The number of nitro benzene ring substituents is 1. The van der Waals surface area contributed by atoms with Crippen LogP contribution in [-0.2, 0) is 0 Å². The fraction of sp³-hybridized carbons (Fsp3) is 0. The molecule has 0 amide bonds. The molecule has 0 aliphatic rings. The number of para-hydroxylation sites is 1. The van der Waals surface area contributed by atoms with Crippen LogP contribution >= 0.6 is 0 Å². The van der Waals surface area contributed by atoms with E-state index in [1.165, 1.54) is 12.1 Å². The Morgan fingerprint density at radius 3 is 2.57 bits per heavy atom. The lowest BCUT2D eigenvalue weighted by molar-refractivity contribution is -0.384. The third kappa shape index (κ3) is 2.44. The van der Waals surface area contributed by atoms with E-state index in [4.69, 9.17) is 10.2 Å². The predicted octanol–water partition coefficient (Wildman–Crippen LogP) is 2.89. The molecular weight excluding hydrogens is 272 g/mol. The topological polar surface area (TPSA) is 108 Å². The number of nitro groups is 1. The zero-order valence-corrected chi connectivity index (χ0v) is 10.8. The molecule has 21 heavy (non-hydrogen) atoms. The van der Waals surface area contributed by atoms with Gasteiger partial charge in [0.05, 0.1) is 10.5 Å². The number of nitrogens with two attached hydrogens (primary N) is 1. The summed E-state index contributed by atoms with van der Waals surface area (Å²) >= 11 is 0. The van der Waals surface area contributed by atoms with Crippen molar-refractivity contribution in [1.82, 2.24) is 10.2 Å². The summed E-state index contributed by atoms with van der Waals surface area (Å²) in [5.74, 6) is 0.478. The van der Waals surface area contributed by atoms with Crippen LogP contribution in [-0.4, -0.2) is 15.1 Å². The largest absolute Gasteiger partial charge is 0.416 e. The SMILES string of the molecule is Nc1ccccc1-c1nnc(-c2cccc([N+](=O)[O-])c2)o1. The van der Waals surface area contributed by atoms with E-state index in [-0.39, 0.29) is 17.5 Å². The first-order valence-electron chi connectivity index (χ1n) is 6.08. The Bertz CT molecular complexity index is 813. The van der Waals surface area contributed by atoms with Gasteiger partial charge in [0.25, 0.3) is 5.69 Å². The maximum absolute atomic E-state index is 10.8. The van der Waals surface area contributed by atoms with Gasteiger partial charge < -0.3 is 10.2 Å². The molecule has 0 saturated heterocycles. The van der Waals surface area contributed by atoms with Crippen molar-refractivity contribution in [3.8, 4) is 22.9 Å². The highest BCUT2D eigenvalue weighted by atomic mass is 16.6. The van der Waals surface area contributed by atoms with Gasteiger partial charge in [0, 0.05) is 23.4 Å². The number of nitrogens with zero attached hydrogens (tertiary/aromatic N) is 3. The highest BCUT2D eigenvalue weighted by Crippen LogP contribution is 2.28. The van der Waals surface area contributed by atoms with Gasteiger partial charge in [-0.3, -0.25) is 10.1 Å². The molecule has 0 unspecified atom stereocenters. The summed E-state index contributed by atoms with van der Waals surface area (Å²) in [5.41, 5.74) is 7.44. The number of aromatic nitrogens is 2. The van der Waals surface area contributed by atoms with E-state index in [1.54, 1.807) is 30.3 Å². The second kappa shape index (κ2) is 5.04. The summed E-state index contributed by atoms with van der Waals surface area (Å²) in [6.07, 6.45) is 0. The van der Waals surface area contributed by atoms with Crippen molar-refractivity contribution >= 4 is 11.4 Å². The van der Waals surface area contributed by atoms with E-state index >= 15 is 0 Å². The molecule has 3 rings (SSSR count). The number of rotatable bonds is 3. The summed E-state index contributed by atoms with van der Waals surface area (Å²) in [7, 11) is 0. The van der Waals surface area contributed by atoms with Crippen LogP contribution in [0.1, 0.15) is 0 Å². The van der Waals surface area contributed by atoms with Crippen LogP contribution in [0.25, 0.3) is 22.9 Å². The quantitative estimate of drug-likeness (QED) is 0.449. The molecule has 3 aromatic rings. The third-order valence-corrected chi connectivity index (χ3v) is 2.92. The zero-order chi connectivity index (χ0) is 14.8. The van der Waals surface area contributed by atoms with Gasteiger partial charge in [-0.15, -0.1) is 10.2 Å². The van der Waals surface area contributed by atoms with Crippen molar-refractivity contribution < 1.29 is 9.34 Å². The van der Waals surface area contributed by atoms with Crippen LogP contribution in [0.15, 0.2) is 52.9 Å². The Morgan fingerprint density at radius 1 is 1.05 bits per heavy atom. The van der Waals surface area contributed by atoms with E-state index in [9.17, 15) is 10.1 Å². The Balaban J connectivity index is 2.01. The Morgan fingerprint density at radius 2 is 1.81 bits per heavy atom. The fourth-order valence-corrected chi connectivity index (χ4v) is 1.89. The first-order chi connectivity index (χ1) is 10.1. The fourth-order valence-electron chi connectivity index (χ4n) is 1.89. The molecule has 1 aromatic heterocycles. The van der Waals surface area contributed by atoms with Gasteiger partial charge in [-0.1, -0.05) is 18.2 Å². The van der Waals surface area contributed by atoms with Crippen molar-refractivity contribution in [3.05, 3.63) is 58.6 Å². The van der Waals surface area contributed by atoms with E-state index in [2.05, 4.69) is 10.2 Å². The molecule has 0 atom stereocenters. The molecule has 7 nitrogen and oxygen atoms in total. The number of nitrogen functional groups attached to an aromatic ring is 1. The molecule has 2 N–H and O–H groups in total. The Labute approximate surface area is 119 Å². The molecule has 2 aromatic carbocycles. The van der Waals surface area contributed by atoms with Gasteiger partial charge in [-0.25, -0.2) is 0 Å². The molecule has 7 heteroatoms. The van der Waals surface area contributed by atoms with E-state index in [1.807, 2.05) is 6.07 Å². The highest BCUT2D eigenvalue weighted by molar-refractivity contribution is 5.70. The molecule has 0 bridgehead atoms. The molecular formula is C14H10N4O3. The van der Waals surface area contributed by atoms with Crippen LogP contribution in [0.2, 0.25) is 0 Å². The average molecular weight is 282 g/mol. The van der Waals surface area contributed by atoms with Gasteiger partial charge in [0.15, 0.2) is 0 Å². The number of non-ortho nitro benzene ring substituents is 1. The van der Waals surface area contributed by atoms with Crippen molar-refractivity contribution in [3.63, 3.8) is 0 Å². The van der Waals surface area contributed by atoms with Crippen molar-refractivity contribution in [2.75, 3.05) is 5.73 Å². The first-order valence-corrected chi connectivity index (χ1v) is 6.08. The van der Waals surface area contributed by atoms with Gasteiger partial charge in [-0.2, -0.15) is 0 Å². The number of benzene rings is 2. The Hall–Kier alpha value is -3.22. The molecule has 0 saturated carbocycles. The second-order valence-electron chi connectivity index (χ2n) is 4.31. The van der Waals surface area contributed by atoms with Gasteiger partial charge in [0.2, 0.25) is 11.8 Å². The monoisotopic (exact) mass is 282 g/mol. The molecule has 0 radical (unpaired) electrons. The lowest BCUT2D eigenvalue weighted by atomic mass is 10.2. The molecule has 0 spiro atoms. The molecule has 1 heterocycles. The normalized spacial score (nSPS) is 10.5. The van der Waals surface area contributed by atoms with Crippen molar-refractivity contribution in [2.24, 2.45) is 0 Å². The zero-order valence-electron chi connectivity index (χ0n) is 10.8. The van der Waals surface area contributed by atoms with Crippen LogP contribution in [0.4, 0.5) is 11.4 Å². The number of anilines is 1. The van der Waals surface area contributed by atoms with Crippen molar-refractivity contribution in [1.29, 1.82) is 0 Å². The molecule has 0 fully saturated rings. The van der Waals surface area contributed by atoms with Gasteiger partial charge in [-0.05, 0) is 18.2 Å². The maximum Gasteiger partial charge on any atom is 0.270 e.